The Balaban J connectivity index is 1.82. The normalized spacial score (nSPS) is 20.3. The van der Waals surface area contributed by atoms with Crippen LogP contribution in [0.4, 0.5) is 0 Å². The Kier molecular flexibility index (Phi) is 4.88. The fourth-order valence-corrected chi connectivity index (χ4v) is 2.80. The van der Waals surface area contributed by atoms with Gasteiger partial charge in [-0.15, -0.1) is 0 Å². The van der Waals surface area contributed by atoms with Gasteiger partial charge in [-0.25, -0.2) is 0 Å². The molecular weight excluding hydrogens is 238 g/mol. The molecule has 1 aromatic heterocycles. The zero-order chi connectivity index (χ0) is 13.7. The van der Waals surface area contributed by atoms with Gasteiger partial charge in [0.15, 0.2) is 5.96 Å². The number of likely N-dealkylation sites (tertiary alicyclic amines) is 1. The summed E-state index contributed by atoms with van der Waals surface area (Å²) in [5.41, 5.74) is 0. The molecule has 0 bridgehead atoms. The van der Waals surface area contributed by atoms with Crippen molar-refractivity contribution >= 4 is 5.96 Å². The Morgan fingerprint density at radius 3 is 3.05 bits per heavy atom. The standard InChI is InChI=1S/C15H25N3O/c1-12(2)9-13-6-7-18(11-13)15(16-3)17-10-14-5-4-8-19-14/h4-5,8,12-13H,6-7,9-11H2,1-3H3,(H,16,17). The van der Waals surface area contributed by atoms with Crippen molar-refractivity contribution in [1.29, 1.82) is 0 Å². The Hall–Kier alpha value is -1.45. The molecule has 4 nitrogen and oxygen atoms in total. The molecule has 1 N–H and O–H groups in total. The maximum absolute atomic E-state index is 5.33. The molecule has 1 aliphatic heterocycles. The van der Waals surface area contributed by atoms with E-state index < -0.39 is 0 Å². The molecule has 0 radical (unpaired) electrons. The third-order valence-electron chi connectivity index (χ3n) is 3.60. The lowest BCUT2D eigenvalue weighted by Gasteiger charge is -2.21. The van der Waals surface area contributed by atoms with Gasteiger partial charge in [0.2, 0.25) is 0 Å². The van der Waals surface area contributed by atoms with E-state index in [4.69, 9.17) is 4.42 Å². The second-order valence-electron chi connectivity index (χ2n) is 5.71. The molecule has 106 valence electrons. The van der Waals surface area contributed by atoms with E-state index in [1.54, 1.807) is 6.26 Å². The van der Waals surface area contributed by atoms with Crippen LogP contribution in [0.5, 0.6) is 0 Å². The van der Waals surface area contributed by atoms with Crippen LogP contribution in [0, 0.1) is 11.8 Å². The fourth-order valence-electron chi connectivity index (χ4n) is 2.80. The van der Waals surface area contributed by atoms with Gasteiger partial charge in [0.25, 0.3) is 0 Å². The van der Waals surface area contributed by atoms with Gasteiger partial charge in [0, 0.05) is 20.1 Å². The minimum absolute atomic E-state index is 0.699. The van der Waals surface area contributed by atoms with E-state index >= 15 is 0 Å². The van der Waals surface area contributed by atoms with E-state index in [-0.39, 0.29) is 0 Å². The lowest BCUT2D eigenvalue weighted by atomic mass is 9.97. The van der Waals surface area contributed by atoms with Gasteiger partial charge < -0.3 is 14.6 Å². The highest BCUT2D eigenvalue weighted by Crippen LogP contribution is 2.23. The molecule has 2 rings (SSSR count). The van der Waals surface area contributed by atoms with Crippen LogP contribution in [0.1, 0.15) is 32.4 Å². The molecule has 1 aliphatic rings. The molecule has 4 heteroatoms. The Morgan fingerprint density at radius 2 is 2.42 bits per heavy atom. The van der Waals surface area contributed by atoms with Crippen molar-refractivity contribution < 1.29 is 4.42 Å². The molecular formula is C15H25N3O. The number of nitrogens with zero attached hydrogens (tertiary/aromatic N) is 2. The van der Waals surface area contributed by atoms with Gasteiger partial charge in [0.05, 0.1) is 12.8 Å². The van der Waals surface area contributed by atoms with Crippen molar-refractivity contribution in [2.24, 2.45) is 16.8 Å². The summed E-state index contributed by atoms with van der Waals surface area (Å²) in [4.78, 5) is 6.73. The first-order valence-electron chi connectivity index (χ1n) is 7.17. The van der Waals surface area contributed by atoms with Crippen molar-refractivity contribution in [3.05, 3.63) is 24.2 Å². The predicted molar refractivity (Wildman–Crippen MR) is 78.0 cm³/mol. The van der Waals surface area contributed by atoms with Gasteiger partial charge in [-0.3, -0.25) is 4.99 Å². The summed E-state index contributed by atoms with van der Waals surface area (Å²) in [6, 6.07) is 3.89. The second kappa shape index (κ2) is 6.64. The topological polar surface area (TPSA) is 40.8 Å². The van der Waals surface area contributed by atoms with E-state index in [2.05, 4.69) is 29.1 Å². The van der Waals surface area contributed by atoms with E-state index in [0.29, 0.717) is 6.54 Å². The maximum atomic E-state index is 5.33. The highest BCUT2D eigenvalue weighted by molar-refractivity contribution is 5.80. The highest BCUT2D eigenvalue weighted by Gasteiger charge is 2.25. The summed E-state index contributed by atoms with van der Waals surface area (Å²) in [6.07, 6.45) is 4.29. The number of hydrogen-bond acceptors (Lipinski definition) is 2. The average Bonchev–Trinajstić information content (AvgIpc) is 3.01. The Bertz CT molecular complexity index is 398. The summed E-state index contributed by atoms with van der Waals surface area (Å²) in [6.45, 7) is 7.52. The van der Waals surface area contributed by atoms with E-state index in [0.717, 1.165) is 36.6 Å². The van der Waals surface area contributed by atoms with Crippen LogP contribution in [0.3, 0.4) is 0 Å². The first-order chi connectivity index (χ1) is 9.19. The van der Waals surface area contributed by atoms with E-state index in [9.17, 15) is 0 Å². The molecule has 2 heterocycles. The van der Waals surface area contributed by atoms with Crippen LogP contribution < -0.4 is 5.32 Å². The lowest BCUT2D eigenvalue weighted by Crippen LogP contribution is -2.39. The largest absolute Gasteiger partial charge is 0.467 e. The molecule has 1 fully saturated rings. The molecule has 0 aromatic carbocycles. The molecule has 1 atom stereocenters. The quantitative estimate of drug-likeness (QED) is 0.671. The van der Waals surface area contributed by atoms with Gasteiger partial charge in [-0.1, -0.05) is 13.8 Å². The van der Waals surface area contributed by atoms with Gasteiger partial charge in [-0.05, 0) is 36.8 Å². The summed E-state index contributed by atoms with van der Waals surface area (Å²) < 4.78 is 5.33. The number of hydrogen-bond donors (Lipinski definition) is 1. The van der Waals surface area contributed by atoms with Gasteiger partial charge >= 0.3 is 0 Å². The number of furan rings is 1. The van der Waals surface area contributed by atoms with Crippen LogP contribution in [0.2, 0.25) is 0 Å². The first kappa shape index (κ1) is 14.0. The van der Waals surface area contributed by atoms with Crippen LogP contribution >= 0.6 is 0 Å². The summed E-state index contributed by atoms with van der Waals surface area (Å²) in [5, 5.41) is 3.37. The van der Waals surface area contributed by atoms with Gasteiger partial charge in [0.1, 0.15) is 5.76 Å². The summed E-state index contributed by atoms with van der Waals surface area (Å²) >= 11 is 0. The molecule has 0 amide bonds. The van der Waals surface area contributed by atoms with Crippen LogP contribution in [0.25, 0.3) is 0 Å². The van der Waals surface area contributed by atoms with Crippen molar-refractivity contribution in [3.63, 3.8) is 0 Å². The molecule has 1 aromatic rings. The monoisotopic (exact) mass is 263 g/mol. The smallest absolute Gasteiger partial charge is 0.194 e. The molecule has 0 aliphatic carbocycles. The lowest BCUT2D eigenvalue weighted by molar-refractivity contribution is 0.401. The summed E-state index contributed by atoms with van der Waals surface area (Å²) in [7, 11) is 1.85. The van der Waals surface area contributed by atoms with Gasteiger partial charge in [-0.2, -0.15) is 0 Å². The first-order valence-corrected chi connectivity index (χ1v) is 7.17. The second-order valence-corrected chi connectivity index (χ2v) is 5.71. The number of rotatable bonds is 4. The molecule has 19 heavy (non-hydrogen) atoms. The highest BCUT2D eigenvalue weighted by atomic mass is 16.3. The maximum Gasteiger partial charge on any atom is 0.194 e. The third kappa shape index (κ3) is 4.01. The van der Waals surface area contributed by atoms with Crippen molar-refractivity contribution in [2.45, 2.75) is 33.2 Å². The zero-order valence-electron chi connectivity index (χ0n) is 12.2. The molecule has 0 saturated carbocycles. The van der Waals surface area contributed by atoms with Crippen molar-refractivity contribution in [1.82, 2.24) is 10.2 Å². The van der Waals surface area contributed by atoms with Crippen molar-refractivity contribution in [2.75, 3.05) is 20.1 Å². The van der Waals surface area contributed by atoms with E-state index in [1.165, 1.54) is 12.8 Å². The SMILES string of the molecule is CN=C(NCc1ccco1)N1CCC(CC(C)C)C1. The summed E-state index contributed by atoms with van der Waals surface area (Å²) in [5.74, 6) is 3.52. The predicted octanol–water partition coefficient (Wildman–Crippen LogP) is 2.72. The average molecular weight is 263 g/mol. The van der Waals surface area contributed by atoms with Crippen LogP contribution in [-0.2, 0) is 6.54 Å². The zero-order valence-corrected chi connectivity index (χ0v) is 12.2. The third-order valence-corrected chi connectivity index (χ3v) is 3.60. The number of guanidine groups is 1. The number of nitrogens with one attached hydrogen (secondary N) is 1. The number of aliphatic imine (C=N–C) groups is 1. The minimum Gasteiger partial charge on any atom is -0.467 e. The minimum atomic E-state index is 0.699. The van der Waals surface area contributed by atoms with Crippen LogP contribution in [-0.4, -0.2) is 31.0 Å². The molecule has 0 spiro atoms. The Morgan fingerprint density at radius 1 is 1.58 bits per heavy atom. The van der Waals surface area contributed by atoms with E-state index in [1.807, 2.05) is 19.2 Å². The Labute approximate surface area is 115 Å². The van der Waals surface area contributed by atoms with Crippen molar-refractivity contribution in [3.8, 4) is 0 Å². The fraction of sp³-hybridized carbons (Fsp3) is 0.667. The molecule has 1 unspecified atom stereocenters. The molecule has 1 saturated heterocycles. The van der Waals surface area contributed by atoms with Crippen LogP contribution in [0.15, 0.2) is 27.8 Å².